The van der Waals surface area contributed by atoms with Gasteiger partial charge in [0.15, 0.2) is 0 Å². The lowest BCUT2D eigenvalue weighted by Gasteiger charge is -2.20. The Labute approximate surface area is 90.7 Å². The molecule has 0 aromatic heterocycles. The lowest BCUT2D eigenvalue weighted by molar-refractivity contribution is 0.319. The van der Waals surface area contributed by atoms with Crippen LogP contribution in [0.2, 0.25) is 19.1 Å². The highest BCUT2D eigenvalue weighted by Gasteiger charge is 2.21. The van der Waals surface area contributed by atoms with Crippen LogP contribution in [-0.4, -0.2) is 45.1 Å². The van der Waals surface area contributed by atoms with E-state index in [-0.39, 0.29) is 9.76 Å². The van der Waals surface area contributed by atoms with Gasteiger partial charge >= 0.3 is 8.56 Å². The maximum absolute atomic E-state index is 5.79. The molecule has 0 fully saturated rings. The van der Waals surface area contributed by atoms with Gasteiger partial charge in [-0.2, -0.15) is 0 Å². The first-order valence-corrected chi connectivity index (χ1v) is 9.61. The summed E-state index contributed by atoms with van der Waals surface area (Å²) in [5, 5.41) is 3.27. The van der Waals surface area contributed by atoms with Crippen LogP contribution in [0, 0.1) is 0 Å². The van der Waals surface area contributed by atoms with Crippen molar-refractivity contribution in [1.29, 1.82) is 0 Å². The third-order valence-corrected chi connectivity index (χ3v) is 7.38. The highest BCUT2D eigenvalue weighted by atomic mass is 28.4. The smallest absolute Gasteiger partial charge is 0.320 e. The maximum Gasteiger partial charge on any atom is 0.320 e. The van der Waals surface area contributed by atoms with Crippen LogP contribution in [-0.2, 0) is 8.54 Å². The minimum atomic E-state index is -1.73. The van der Waals surface area contributed by atoms with Crippen LogP contribution in [0.4, 0.5) is 0 Å². The summed E-state index contributed by atoms with van der Waals surface area (Å²) < 4.78 is 11.1. The van der Waals surface area contributed by atoms with Gasteiger partial charge in [-0.05, 0) is 32.1 Å². The predicted molar refractivity (Wildman–Crippen MR) is 65.5 cm³/mol. The zero-order chi connectivity index (χ0) is 10.9. The zero-order valence-corrected chi connectivity index (χ0v) is 12.1. The van der Waals surface area contributed by atoms with Crippen molar-refractivity contribution in [1.82, 2.24) is 5.32 Å². The average Bonchev–Trinajstić information content (AvgIpc) is 2.16. The summed E-state index contributed by atoms with van der Waals surface area (Å²) >= 11 is 0. The van der Waals surface area contributed by atoms with Crippen molar-refractivity contribution in [2.75, 3.05) is 26.7 Å². The monoisotopic (exact) mass is 236 g/mol. The molecule has 0 aliphatic rings. The summed E-state index contributed by atoms with van der Waals surface area (Å²) in [5.74, 6) is 0. The zero-order valence-electron chi connectivity index (χ0n) is 9.64. The summed E-state index contributed by atoms with van der Waals surface area (Å²) in [7, 11) is -0.364. The molecule has 0 aliphatic carbocycles. The molecule has 14 heavy (non-hydrogen) atoms. The first-order valence-electron chi connectivity index (χ1n) is 5.22. The van der Waals surface area contributed by atoms with Crippen molar-refractivity contribution in [3.05, 3.63) is 0 Å². The van der Waals surface area contributed by atoms with Crippen molar-refractivity contribution >= 4 is 18.3 Å². The Balaban J connectivity index is 3.13. The van der Waals surface area contributed by atoms with Crippen molar-refractivity contribution < 1.29 is 8.54 Å². The Bertz CT molecular complexity index is 137. The van der Waals surface area contributed by atoms with Gasteiger partial charge in [-0.15, -0.1) is 0 Å². The molecule has 0 aromatic rings. The molecule has 0 bridgehead atoms. The van der Waals surface area contributed by atoms with Gasteiger partial charge in [-0.25, -0.2) is 0 Å². The molecule has 0 spiro atoms. The molecule has 0 radical (unpaired) electrons. The molecular formula is C8H24N2O2Si2. The van der Waals surface area contributed by atoms with Crippen LogP contribution >= 0.6 is 0 Å². The van der Waals surface area contributed by atoms with Crippen LogP contribution < -0.4 is 11.1 Å². The molecular weight excluding hydrogens is 212 g/mol. The van der Waals surface area contributed by atoms with Crippen LogP contribution in [0.3, 0.4) is 0 Å². The van der Waals surface area contributed by atoms with Gasteiger partial charge < -0.3 is 19.6 Å². The Hall–Kier alpha value is 0.274. The molecule has 0 aliphatic heterocycles. The summed E-state index contributed by atoms with van der Waals surface area (Å²) in [4.78, 5) is 0. The minimum Gasteiger partial charge on any atom is -0.442 e. The average molecular weight is 236 g/mol. The van der Waals surface area contributed by atoms with Crippen LogP contribution in [0.1, 0.15) is 6.42 Å². The minimum absolute atomic E-state index is 0.373. The number of hydrogen-bond acceptors (Lipinski definition) is 4. The molecule has 0 amide bonds. The van der Waals surface area contributed by atoms with Gasteiger partial charge in [-0.3, -0.25) is 0 Å². The van der Waals surface area contributed by atoms with Crippen molar-refractivity contribution in [2.45, 2.75) is 25.6 Å². The van der Waals surface area contributed by atoms with Gasteiger partial charge in [0.05, 0.1) is 0 Å². The highest BCUT2D eigenvalue weighted by Crippen LogP contribution is 2.04. The SMILES string of the molecule is CO[Si](C)(C)O[SiH2]CCCNCCN. The van der Waals surface area contributed by atoms with E-state index in [1.807, 2.05) is 0 Å². The van der Waals surface area contributed by atoms with Crippen LogP contribution in [0.15, 0.2) is 0 Å². The number of nitrogens with one attached hydrogen (secondary N) is 1. The summed E-state index contributed by atoms with van der Waals surface area (Å²) in [6, 6.07) is 1.22. The topological polar surface area (TPSA) is 56.5 Å². The van der Waals surface area contributed by atoms with E-state index in [1.165, 1.54) is 12.5 Å². The van der Waals surface area contributed by atoms with Crippen LogP contribution in [0.25, 0.3) is 0 Å². The third-order valence-electron chi connectivity index (χ3n) is 2.01. The second-order valence-corrected chi connectivity index (χ2v) is 9.18. The van der Waals surface area contributed by atoms with E-state index in [4.69, 9.17) is 14.3 Å². The molecule has 86 valence electrons. The number of rotatable bonds is 9. The van der Waals surface area contributed by atoms with Gasteiger partial charge in [0.25, 0.3) is 0 Å². The standard InChI is InChI=1S/C8H24N2O2Si2/c1-11-14(2,3)12-13-8-4-6-10-7-5-9/h10H,4-9,13H2,1-3H3. The summed E-state index contributed by atoms with van der Waals surface area (Å²) in [5.41, 5.74) is 5.36. The Kier molecular flexibility index (Phi) is 8.74. The number of hydrogen-bond donors (Lipinski definition) is 2. The number of nitrogens with two attached hydrogens (primary N) is 1. The van der Waals surface area contributed by atoms with E-state index in [0.717, 1.165) is 19.6 Å². The van der Waals surface area contributed by atoms with E-state index in [2.05, 4.69) is 18.4 Å². The maximum atomic E-state index is 5.79. The van der Waals surface area contributed by atoms with E-state index < -0.39 is 8.56 Å². The van der Waals surface area contributed by atoms with Gasteiger partial charge in [0.2, 0.25) is 0 Å². The van der Waals surface area contributed by atoms with Gasteiger partial charge in [-0.1, -0.05) is 0 Å². The molecule has 0 atom stereocenters. The molecule has 0 saturated heterocycles. The van der Waals surface area contributed by atoms with Crippen molar-refractivity contribution in [3.63, 3.8) is 0 Å². The second kappa shape index (κ2) is 8.57. The van der Waals surface area contributed by atoms with E-state index in [9.17, 15) is 0 Å². The normalized spacial score (nSPS) is 12.9. The van der Waals surface area contributed by atoms with Gasteiger partial charge in [0.1, 0.15) is 9.76 Å². The highest BCUT2D eigenvalue weighted by molar-refractivity contribution is 6.69. The fourth-order valence-electron chi connectivity index (χ4n) is 0.956. The lowest BCUT2D eigenvalue weighted by Crippen LogP contribution is -2.34. The summed E-state index contributed by atoms with van der Waals surface area (Å²) in [6.07, 6.45) is 1.19. The van der Waals surface area contributed by atoms with E-state index in [0.29, 0.717) is 0 Å². The van der Waals surface area contributed by atoms with E-state index >= 15 is 0 Å². The molecule has 0 rings (SSSR count). The molecule has 0 aromatic carbocycles. The molecule has 0 heterocycles. The first-order chi connectivity index (χ1) is 6.62. The quantitative estimate of drug-likeness (QED) is 0.430. The molecule has 0 saturated carbocycles. The summed E-state index contributed by atoms with van der Waals surface area (Å²) in [6.45, 7) is 6.88. The molecule has 4 nitrogen and oxygen atoms in total. The lowest BCUT2D eigenvalue weighted by atomic mass is 10.5. The fourth-order valence-corrected chi connectivity index (χ4v) is 4.43. The fraction of sp³-hybridized carbons (Fsp3) is 1.00. The van der Waals surface area contributed by atoms with Crippen LogP contribution in [0.5, 0.6) is 0 Å². The van der Waals surface area contributed by atoms with Gasteiger partial charge in [0, 0.05) is 20.2 Å². The Morgan fingerprint density at radius 2 is 2.07 bits per heavy atom. The Morgan fingerprint density at radius 1 is 1.36 bits per heavy atom. The largest absolute Gasteiger partial charge is 0.442 e. The van der Waals surface area contributed by atoms with E-state index in [1.54, 1.807) is 7.11 Å². The Morgan fingerprint density at radius 3 is 2.64 bits per heavy atom. The van der Waals surface area contributed by atoms with Crippen molar-refractivity contribution in [3.8, 4) is 0 Å². The molecule has 6 heteroatoms. The first kappa shape index (κ1) is 14.3. The van der Waals surface area contributed by atoms with Crippen molar-refractivity contribution in [2.24, 2.45) is 5.73 Å². The second-order valence-electron chi connectivity index (χ2n) is 3.70. The third kappa shape index (κ3) is 8.85. The molecule has 0 unspecified atom stereocenters. The predicted octanol–water partition coefficient (Wildman–Crippen LogP) is -0.208. The molecule has 3 N–H and O–H groups in total.